The molecule has 0 saturated heterocycles. The summed E-state index contributed by atoms with van der Waals surface area (Å²) in [7, 11) is 1.74. The van der Waals surface area contributed by atoms with Crippen LogP contribution >= 0.6 is 0 Å². The lowest BCUT2D eigenvalue weighted by Gasteiger charge is -2.19. The van der Waals surface area contributed by atoms with E-state index in [1.54, 1.807) is 7.11 Å². The van der Waals surface area contributed by atoms with Crippen molar-refractivity contribution < 1.29 is 4.74 Å². The van der Waals surface area contributed by atoms with Gasteiger partial charge in [0.2, 0.25) is 0 Å². The van der Waals surface area contributed by atoms with E-state index >= 15 is 0 Å². The molecule has 0 bridgehead atoms. The highest BCUT2D eigenvalue weighted by Crippen LogP contribution is 2.36. The van der Waals surface area contributed by atoms with Crippen molar-refractivity contribution in [1.29, 1.82) is 0 Å². The summed E-state index contributed by atoms with van der Waals surface area (Å²) in [4.78, 5) is 0. The Morgan fingerprint density at radius 2 is 2.00 bits per heavy atom. The van der Waals surface area contributed by atoms with Gasteiger partial charge >= 0.3 is 0 Å². The Morgan fingerprint density at radius 1 is 1.31 bits per heavy atom. The quantitative estimate of drug-likeness (QED) is 0.836. The molecule has 0 radical (unpaired) electrons. The molecule has 1 N–H and O–H groups in total. The summed E-state index contributed by atoms with van der Waals surface area (Å²) in [6, 6.07) is 4.85. The van der Waals surface area contributed by atoms with E-state index in [1.165, 1.54) is 29.7 Å². The van der Waals surface area contributed by atoms with Crippen LogP contribution in [0, 0.1) is 19.8 Å². The van der Waals surface area contributed by atoms with Crippen LogP contribution in [0.3, 0.4) is 0 Å². The zero-order valence-corrected chi connectivity index (χ0v) is 10.6. The summed E-state index contributed by atoms with van der Waals surface area (Å²) < 4.78 is 5.43. The minimum atomic E-state index is 0.575. The van der Waals surface area contributed by atoms with Crippen LogP contribution in [0.1, 0.15) is 30.9 Å². The van der Waals surface area contributed by atoms with Gasteiger partial charge in [0.15, 0.2) is 0 Å². The van der Waals surface area contributed by atoms with E-state index < -0.39 is 0 Å². The first-order chi connectivity index (χ1) is 7.63. The fraction of sp³-hybridized carbons (Fsp3) is 0.571. The standard InChI is InChI=1S/C14H21NO/c1-9-5-8-13(10(2)14(9)16-4)15-11(3)12-6-7-12/h5,8,11-12,15H,6-7H2,1-4H3. The molecular formula is C14H21NO. The van der Waals surface area contributed by atoms with Crippen LogP contribution in [0.4, 0.5) is 5.69 Å². The van der Waals surface area contributed by atoms with Gasteiger partial charge in [0, 0.05) is 17.3 Å². The lowest BCUT2D eigenvalue weighted by molar-refractivity contribution is 0.408. The number of ether oxygens (including phenoxy) is 1. The van der Waals surface area contributed by atoms with E-state index in [4.69, 9.17) is 4.74 Å². The largest absolute Gasteiger partial charge is 0.496 e. The Hall–Kier alpha value is -1.18. The molecule has 0 amide bonds. The summed E-state index contributed by atoms with van der Waals surface area (Å²) in [6.07, 6.45) is 2.74. The monoisotopic (exact) mass is 219 g/mol. The third-order valence-corrected chi connectivity index (χ3v) is 3.52. The maximum absolute atomic E-state index is 5.43. The minimum absolute atomic E-state index is 0.575. The van der Waals surface area contributed by atoms with Crippen molar-refractivity contribution in [3.05, 3.63) is 23.3 Å². The highest BCUT2D eigenvalue weighted by Gasteiger charge is 2.28. The van der Waals surface area contributed by atoms with E-state index in [1.807, 2.05) is 0 Å². The van der Waals surface area contributed by atoms with Gasteiger partial charge in [-0.05, 0) is 51.2 Å². The molecular weight excluding hydrogens is 198 g/mol. The SMILES string of the molecule is COc1c(C)ccc(NC(C)C2CC2)c1C. The Kier molecular flexibility index (Phi) is 3.08. The molecule has 1 fully saturated rings. The van der Waals surface area contributed by atoms with Crippen molar-refractivity contribution in [3.63, 3.8) is 0 Å². The highest BCUT2D eigenvalue weighted by atomic mass is 16.5. The molecule has 1 aromatic rings. The zero-order chi connectivity index (χ0) is 11.7. The molecule has 1 atom stereocenters. The number of anilines is 1. The predicted molar refractivity (Wildman–Crippen MR) is 68.3 cm³/mol. The van der Waals surface area contributed by atoms with E-state index in [0.29, 0.717) is 6.04 Å². The number of nitrogens with one attached hydrogen (secondary N) is 1. The highest BCUT2D eigenvalue weighted by molar-refractivity contribution is 5.60. The van der Waals surface area contributed by atoms with Gasteiger partial charge in [-0.3, -0.25) is 0 Å². The van der Waals surface area contributed by atoms with Crippen LogP contribution in [0.2, 0.25) is 0 Å². The number of aryl methyl sites for hydroxylation is 1. The van der Waals surface area contributed by atoms with Crippen LogP contribution < -0.4 is 10.1 Å². The number of hydrogen-bond acceptors (Lipinski definition) is 2. The average Bonchev–Trinajstić information content (AvgIpc) is 3.06. The van der Waals surface area contributed by atoms with Crippen molar-refractivity contribution in [3.8, 4) is 5.75 Å². The maximum atomic E-state index is 5.43. The van der Waals surface area contributed by atoms with Crippen LogP contribution in [0.5, 0.6) is 5.75 Å². The van der Waals surface area contributed by atoms with E-state index in [2.05, 4.69) is 38.2 Å². The van der Waals surface area contributed by atoms with Gasteiger partial charge in [0.1, 0.15) is 5.75 Å². The molecule has 2 nitrogen and oxygen atoms in total. The molecule has 88 valence electrons. The number of methoxy groups -OCH3 is 1. The van der Waals surface area contributed by atoms with Crippen LogP contribution in [0.15, 0.2) is 12.1 Å². The molecule has 0 heterocycles. The van der Waals surface area contributed by atoms with E-state index in [0.717, 1.165) is 11.7 Å². The van der Waals surface area contributed by atoms with Gasteiger partial charge < -0.3 is 10.1 Å². The van der Waals surface area contributed by atoms with Crippen molar-refractivity contribution in [2.45, 2.75) is 39.7 Å². The second kappa shape index (κ2) is 4.36. The van der Waals surface area contributed by atoms with E-state index in [-0.39, 0.29) is 0 Å². The molecule has 1 aliphatic carbocycles. The van der Waals surface area contributed by atoms with Crippen molar-refractivity contribution in [1.82, 2.24) is 0 Å². The number of rotatable bonds is 4. The van der Waals surface area contributed by atoms with Gasteiger partial charge in [-0.15, -0.1) is 0 Å². The molecule has 1 saturated carbocycles. The predicted octanol–water partition coefficient (Wildman–Crippen LogP) is 3.52. The Balaban J connectivity index is 2.20. The second-order valence-corrected chi connectivity index (χ2v) is 4.86. The molecule has 2 rings (SSSR count). The Bertz CT molecular complexity index is 383. The van der Waals surface area contributed by atoms with Gasteiger partial charge in [-0.2, -0.15) is 0 Å². The Labute approximate surface area is 98.0 Å². The fourth-order valence-electron chi connectivity index (χ4n) is 2.26. The van der Waals surface area contributed by atoms with Crippen molar-refractivity contribution in [2.24, 2.45) is 5.92 Å². The van der Waals surface area contributed by atoms with Crippen molar-refractivity contribution in [2.75, 3.05) is 12.4 Å². The number of benzene rings is 1. The van der Waals surface area contributed by atoms with Gasteiger partial charge in [0.05, 0.1) is 7.11 Å². The fourth-order valence-corrected chi connectivity index (χ4v) is 2.26. The zero-order valence-electron chi connectivity index (χ0n) is 10.6. The molecule has 0 aliphatic heterocycles. The Morgan fingerprint density at radius 3 is 2.56 bits per heavy atom. The topological polar surface area (TPSA) is 21.3 Å². The third kappa shape index (κ3) is 2.16. The molecule has 0 spiro atoms. The molecule has 2 heteroatoms. The summed E-state index contributed by atoms with van der Waals surface area (Å²) >= 11 is 0. The van der Waals surface area contributed by atoms with Crippen LogP contribution in [0.25, 0.3) is 0 Å². The van der Waals surface area contributed by atoms with Gasteiger partial charge in [-0.25, -0.2) is 0 Å². The third-order valence-electron chi connectivity index (χ3n) is 3.52. The maximum Gasteiger partial charge on any atom is 0.126 e. The summed E-state index contributed by atoms with van der Waals surface area (Å²) in [5.41, 5.74) is 3.63. The molecule has 1 aliphatic rings. The smallest absolute Gasteiger partial charge is 0.126 e. The lowest BCUT2D eigenvalue weighted by atomic mass is 10.1. The first-order valence-electron chi connectivity index (χ1n) is 6.04. The van der Waals surface area contributed by atoms with Gasteiger partial charge in [-0.1, -0.05) is 6.07 Å². The molecule has 1 aromatic carbocycles. The summed E-state index contributed by atoms with van der Waals surface area (Å²) in [5, 5.41) is 3.59. The average molecular weight is 219 g/mol. The van der Waals surface area contributed by atoms with Gasteiger partial charge in [0.25, 0.3) is 0 Å². The second-order valence-electron chi connectivity index (χ2n) is 4.86. The number of hydrogen-bond donors (Lipinski definition) is 1. The van der Waals surface area contributed by atoms with Crippen LogP contribution in [-0.2, 0) is 0 Å². The normalized spacial score (nSPS) is 17.0. The molecule has 1 unspecified atom stereocenters. The molecule has 0 aromatic heterocycles. The first-order valence-corrected chi connectivity index (χ1v) is 6.04. The molecule has 16 heavy (non-hydrogen) atoms. The van der Waals surface area contributed by atoms with Crippen LogP contribution in [-0.4, -0.2) is 13.2 Å². The first kappa shape index (κ1) is 11.3. The van der Waals surface area contributed by atoms with E-state index in [9.17, 15) is 0 Å². The summed E-state index contributed by atoms with van der Waals surface area (Å²) in [6.45, 7) is 6.47. The summed E-state index contributed by atoms with van der Waals surface area (Å²) in [5.74, 6) is 1.87. The minimum Gasteiger partial charge on any atom is -0.496 e. The van der Waals surface area contributed by atoms with Crippen molar-refractivity contribution >= 4 is 5.69 Å². The lowest BCUT2D eigenvalue weighted by Crippen LogP contribution is -2.18.